The van der Waals surface area contributed by atoms with Crippen molar-refractivity contribution in [3.8, 4) is 0 Å². The summed E-state index contributed by atoms with van der Waals surface area (Å²) in [5.41, 5.74) is 0. The van der Waals surface area contributed by atoms with Gasteiger partial charge >= 0.3 is 60.8 Å². The predicted octanol–water partition coefficient (Wildman–Crippen LogP) is 0.109. The summed E-state index contributed by atoms with van der Waals surface area (Å²) in [6, 6.07) is 0. The third-order valence-electron chi connectivity index (χ3n) is 0.585. The summed E-state index contributed by atoms with van der Waals surface area (Å²) in [7, 11) is 0. The van der Waals surface area contributed by atoms with Crippen LogP contribution in [-0.4, -0.2) is 38.0 Å². The standard InChI is InChI=1S/C4H6NO2.Pb/c6-3-1-5-2-4-7;/h1-3,6H,4H2;/q-1;+2/p-1/b3-1-,5-2?;. The molecular formula is C4H5NO2Pb. The van der Waals surface area contributed by atoms with Crippen LogP contribution in [0.3, 0.4) is 0 Å². The summed E-state index contributed by atoms with van der Waals surface area (Å²) >= 11 is -1.15. The Hall–Kier alpha value is 0.0921. The molecule has 8 heavy (non-hydrogen) atoms. The maximum absolute atomic E-state index is 5.05. The summed E-state index contributed by atoms with van der Waals surface area (Å²) in [5.74, 6) is 0. The molecule has 0 unspecified atom stereocenters. The van der Waals surface area contributed by atoms with Crippen LogP contribution in [0.2, 0.25) is 0 Å². The molecular weight excluding hydrogens is 301 g/mol. The van der Waals surface area contributed by atoms with E-state index in [0.29, 0.717) is 6.61 Å². The maximum atomic E-state index is 5.05. The fourth-order valence-electron chi connectivity index (χ4n) is 0.303. The zero-order valence-corrected chi connectivity index (χ0v) is 8.09. The Labute approximate surface area is 60.9 Å². The molecule has 0 fully saturated rings. The first-order valence-corrected chi connectivity index (χ1v) is 5.36. The van der Waals surface area contributed by atoms with Gasteiger partial charge in [0.25, 0.3) is 0 Å². The van der Waals surface area contributed by atoms with E-state index in [1.807, 2.05) is 0 Å². The van der Waals surface area contributed by atoms with E-state index in [4.69, 9.17) is 5.37 Å². The second-order valence-electron chi connectivity index (χ2n) is 1.13. The van der Waals surface area contributed by atoms with Crippen molar-refractivity contribution in [2.75, 3.05) is 6.61 Å². The Morgan fingerprint density at radius 1 is 1.62 bits per heavy atom. The zero-order valence-electron chi connectivity index (χ0n) is 4.20. The van der Waals surface area contributed by atoms with Crippen LogP contribution in [0.1, 0.15) is 0 Å². The van der Waals surface area contributed by atoms with Gasteiger partial charge in [0.1, 0.15) is 0 Å². The van der Waals surface area contributed by atoms with Gasteiger partial charge in [-0.3, -0.25) is 0 Å². The molecule has 0 aliphatic carbocycles. The van der Waals surface area contributed by atoms with E-state index in [1.54, 1.807) is 18.7 Å². The van der Waals surface area contributed by atoms with E-state index in [9.17, 15) is 0 Å². The normalized spacial score (nSPS) is 23.0. The quantitative estimate of drug-likeness (QED) is 0.595. The molecule has 2 radical (unpaired) electrons. The molecule has 0 aromatic rings. The monoisotopic (exact) mass is 307 g/mol. The van der Waals surface area contributed by atoms with Crippen molar-refractivity contribution in [3.63, 3.8) is 0 Å². The second kappa shape index (κ2) is 4.02. The van der Waals surface area contributed by atoms with Gasteiger partial charge < -0.3 is 0 Å². The zero-order chi connectivity index (χ0) is 5.66. The predicted molar refractivity (Wildman–Crippen MR) is 30.4 cm³/mol. The van der Waals surface area contributed by atoms with Crippen LogP contribution >= 0.6 is 0 Å². The van der Waals surface area contributed by atoms with Crippen LogP contribution in [0, 0.1) is 0 Å². The summed E-state index contributed by atoms with van der Waals surface area (Å²) in [6.45, 7) is 0.619. The molecule has 0 atom stereocenters. The minimum absolute atomic E-state index is 0.619. The van der Waals surface area contributed by atoms with E-state index in [0.717, 1.165) is 0 Å². The molecule has 0 N–H and O–H groups in total. The van der Waals surface area contributed by atoms with Gasteiger partial charge in [0.15, 0.2) is 0 Å². The van der Waals surface area contributed by atoms with Crippen molar-refractivity contribution in [1.82, 2.24) is 0 Å². The Bertz CT molecular complexity index is 98.6. The van der Waals surface area contributed by atoms with Crippen molar-refractivity contribution >= 4 is 31.4 Å². The Balaban J connectivity index is 2.33. The number of nitrogens with zero attached hydrogens (tertiary/aromatic N) is 1. The van der Waals surface area contributed by atoms with E-state index in [1.165, 1.54) is 0 Å². The van der Waals surface area contributed by atoms with Crippen molar-refractivity contribution < 1.29 is 5.37 Å². The average Bonchev–Trinajstić information content (AvgIpc) is 1.62. The van der Waals surface area contributed by atoms with Crippen molar-refractivity contribution in [1.29, 1.82) is 0 Å². The summed E-state index contributed by atoms with van der Waals surface area (Å²) in [5, 5.41) is 0. The molecule has 0 bridgehead atoms. The third-order valence-corrected chi connectivity index (χ3v) is 2.59. The number of aliphatic imine (C=N–C) groups is 1. The van der Waals surface area contributed by atoms with Gasteiger partial charge in [-0.05, 0) is 0 Å². The molecule has 1 rings (SSSR count). The second-order valence-corrected chi connectivity index (χ2v) is 3.82. The number of hydrogen-bond acceptors (Lipinski definition) is 3. The van der Waals surface area contributed by atoms with Crippen LogP contribution in [0.5, 0.6) is 0 Å². The first kappa shape index (κ1) is 6.22. The average molecular weight is 306 g/mol. The van der Waals surface area contributed by atoms with Gasteiger partial charge in [0.05, 0.1) is 0 Å². The van der Waals surface area contributed by atoms with Crippen LogP contribution in [0.25, 0.3) is 0 Å². The van der Waals surface area contributed by atoms with Crippen LogP contribution in [-0.2, 0) is 5.37 Å². The summed E-state index contributed by atoms with van der Waals surface area (Å²) in [6.07, 6.45) is 4.94. The fraction of sp³-hybridized carbons (Fsp3) is 0.250. The number of rotatable bonds is 0. The SMILES string of the molecule is C1=N/C=C\[O][Pb][O]C1. The summed E-state index contributed by atoms with van der Waals surface area (Å²) in [4.78, 5) is 3.81. The van der Waals surface area contributed by atoms with Gasteiger partial charge in [0, 0.05) is 0 Å². The first-order valence-electron chi connectivity index (χ1n) is 2.19. The van der Waals surface area contributed by atoms with Crippen LogP contribution in [0.4, 0.5) is 0 Å². The molecule has 1 aliphatic heterocycles. The molecule has 42 valence electrons. The Kier molecular flexibility index (Phi) is 3.12. The molecule has 1 aliphatic rings. The molecule has 0 spiro atoms. The van der Waals surface area contributed by atoms with Gasteiger partial charge in [-0.15, -0.1) is 0 Å². The first-order chi connectivity index (χ1) is 4.00. The minimum atomic E-state index is -1.15. The van der Waals surface area contributed by atoms with Gasteiger partial charge in [-0.2, -0.15) is 0 Å². The Morgan fingerprint density at radius 2 is 2.62 bits per heavy atom. The van der Waals surface area contributed by atoms with Crippen molar-refractivity contribution in [2.24, 2.45) is 4.99 Å². The fourth-order valence-corrected chi connectivity index (χ4v) is 1.57. The number of hydrogen-bond donors (Lipinski definition) is 0. The van der Waals surface area contributed by atoms with Gasteiger partial charge in [-0.25, -0.2) is 0 Å². The van der Waals surface area contributed by atoms with E-state index in [2.05, 4.69) is 4.99 Å². The van der Waals surface area contributed by atoms with Crippen molar-refractivity contribution in [2.45, 2.75) is 0 Å². The molecule has 0 amide bonds. The third kappa shape index (κ3) is 2.41. The molecule has 3 nitrogen and oxygen atoms in total. The van der Waals surface area contributed by atoms with Gasteiger partial charge in [0.2, 0.25) is 0 Å². The van der Waals surface area contributed by atoms with Crippen LogP contribution in [0.15, 0.2) is 17.5 Å². The van der Waals surface area contributed by atoms with E-state index < -0.39 is 25.1 Å². The van der Waals surface area contributed by atoms with Crippen molar-refractivity contribution in [3.05, 3.63) is 12.5 Å². The molecule has 4 heteroatoms. The molecule has 0 aromatic carbocycles. The Morgan fingerprint density at radius 3 is 3.62 bits per heavy atom. The van der Waals surface area contributed by atoms with Gasteiger partial charge in [-0.1, -0.05) is 0 Å². The molecule has 0 saturated carbocycles. The van der Waals surface area contributed by atoms with E-state index in [-0.39, 0.29) is 0 Å². The molecule has 1 heterocycles. The molecule has 0 aromatic heterocycles. The van der Waals surface area contributed by atoms with Crippen LogP contribution < -0.4 is 0 Å². The molecule has 0 saturated heterocycles. The van der Waals surface area contributed by atoms with E-state index >= 15 is 0 Å². The summed E-state index contributed by atoms with van der Waals surface area (Å²) < 4.78 is 10.00. The topological polar surface area (TPSA) is 30.8 Å².